The molecule has 1 unspecified atom stereocenters. The molecule has 4 nitrogen and oxygen atoms in total. The molecule has 3 atom stereocenters. The molecule has 0 aliphatic carbocycles. The van der Waals surface area contributed by atoms with Crippen molar-refractivity contribution >= 4 is 21.9 Å². The van der Waals surface area contributed by atoms with Gasteiger partial charge in [0.1, 0.15) is 18.9 Å². The summed E-state index contributed by atoms with van der Waals surface area (Å²) in [7, 11) is 0. The van der Waals surface area contributed by atoms with Gasteiger partial charge in [-0.25, -0.2) is 0 Å². The van der Waals surface area contributed by atoms with Crippen LogP contribution in [0.5, 0.6) is 0 Å². The number of benzene rings is 2. The lowest BCUT2D eigenvalue weighted by atomic mass is 9.95. The van der Waals surface area contributed by atoms with Crippen LogP contribution in [0.15, 0.2) is 59.1 Å². The third-order valence-corrected chi connectivity index (χ3v) is 5.08. The van der Waals surface area contributed by atoms with E-state index >= 15 is 0 Å². The van der Waals surface area contributed by atoms with Crippen LogP contribution >= 0.6 is 15.9 Å². The number of ether oxygens (including phenoxy) is 1. The molecule has 1 saturated heterocycles. The number of hydrogen-bond donors (Lipinski definition) is 2. The molecule has 0 spiro atoms. The van der Waals surface area contributed by atoms with E-state index in [1.807, 2.05) is 54.6 Å². The van der Waals surface area contributed by atoms with Gasteiger partial charge in [-0.15, -0.1) is 0 Å². The number of carbonyl (C=O) groups excluding carboxylic acids is 1. The lowest BCUT2D eigenvalue weighted by Gasteiger charge is -2.14. The van der Waals surface area contributed by atoms with E-state index in [1.54, 1.807) is 0 Å². The first-order chi connectivity index (χ1) is 11.6. The summed E-state index contributed by atoms with van der Waals surface area (Å²) in [4.78, 5) is 12.2. The fourth-order valence-corrected chi connectivity index (χ4v) is 3.42. The van der Waals surface area contributed by atoms with Gasteiger partial charge in [-0.2, -0.15) is 0 Å². The smallest absolute Gasteiger partial charge is 0.323 e. The maximum atomic E-state index is 12.2. The molecule has 0 radical (unpaired) electrons. The van der Waals surface area contributed by atoms with Gasteiger partial charge in [-0.05, 0) is 30.0 Å². The second-order valence-corrected chi connectivity index (χ2v) is 6.90. The van der Waals surface area contributed by atoms with Crippen molar-refractivity contribution < 1.29 is 14.6 Å². The first-order valence-corrected chi connectivity index (χ1v) is 8.81. The van der Waals surface area contributed by atoms with Gasteiger partial charge in [-0.3, -0.25) is 10.1 Å². The third kappa shape index (κ3) is 4.23. The molecule has 0 saturated carbocycles. The highest BCUT2D eigenvalue weighted by Gasteiger charge is 2.37. The lowest BCUT2D eigenvalue weighted by Crippen LogP contribution is -2.37. The van der Waals surface area contributed by atoms with E-state index in [2.05, 4.69) is 21.2 Å². The second-order valence-electron chi connectivity index (χ2n) is 6.05. The minimum absolute atomic E-state index is 0.0158. The molecular weight excluding hydrogens is 370 g/mol. The predicted molar refractivity (Wildman–Crippen MR) is 95.1 cm³/mol. The molecule has 1 heterocycles. The Morgan fingerprint density at radius 2 is 1.88 bits per heavy atom. The number of hydrogen-bond acceptors (Lipinski definition) is 4. The van der Waals surface area contributed by atoms with Gasteiger partial charge in [0.2, 0.25) is 0 Å². The van der Waals surface area contributed by atoms with Crippen LogP contribution in [-0.2, 0) is 22.6 Å². The zero-order chi connectivity index (χ0) is 16.9. The first-order valence-electron chi connectivity index (χ1n) is 8.01. The van der Waals surface area contributed by atoms with Gasteiger partial charge in [0.15, 0.2) is 0 Å². The average Bonchev–Trinajstić information content (AvgIpc) is 2.96. The normalized spacial score (nSPS) is 23.2. The van der Waals surface area contributed by atoms with Gasteiger partial charge in [0.25, 0.3) is 0 Å². The quantitative estimate of drug-likeness (QED) is 0.771. The predicted octanol–water partition coefficient (Wildman–Crippen LogP) is 3.03. The molecule has 2 N–H and O–H groups in total. The SMILES string of the molecule is O=C(OCc1ccccc1)[C@H]1C[C@H](Cc2ccccc2Br)C(O)N1. The highest BCUT2D eigenvalue weighted by atomic mass is 79.9. The van der Waals surface area contributed by atoms with Crippen LogP contribution in [0, 0.1) is 5.92 Å². The Labute approximate surface area is 150 Å². The maximum Gasteiger partial charge on any atom is 0.323 e. The molecule has 1 aliphatic rings. The molecule has 2 aromatic rings. The summed E-state index contributed by atoms with van der Waals surface area (Å²) in [6.45, 7) is 0.253. The van der Waals surface area contributed by atoms with Gasteiger partial charge < -0.3 is 9.84 Å². The largest absolute Gasteiger partial charge is 0.460 e. The maximum absolute atomic E-state index is 12.2. The Hall–Kier alpha value is -1.69. The molecule has 126 valence electrons. The minimum atomic E-state index is -0.702. The van der Waals surface area contributed by atoms with Crippen molar-refractivity contribution in [1.82, 2.24) is 5.32 Å². The fourth-order valence-electron chi connectivity index (χ4n) is 2.98. The van der Waals surface area contributed by atoms with Crippen LogP contribution in [0.2, 0.25) is 0 Å². The standard InChI is InChI=1S/C19H20BrNO3/c20-16-9-5-4-8-14(16)10-15-11-17(21-18(15)22)19(23)24-12-13-6-2-1-3-7-13/h1-9,15,17-18,21-22H,10-12H2/t15-,17+,18?/m0/s1. The van der Waals surface area contributed by atoms with E-state index in [9.17, 15) is 9.90 Å². The Balaban J connectivity index is 1.55. The number of esters is 1. The zero-order valence-corrected chi connectivity index (χ0v) is 14.8. The molecule has 0 bridgehead atoms. The first kappa shape index (κ1) is 17.1. The molecule has 3 rings (SSSR count). The molecule has 1 aliphatic heterocycles. The van der Waals surface area contributed by atoms with Crippen LogP contribution in [0.25, 0.3) is 0 Å². The molecular formula is C19H20BrNO3. The number of nitrogens with one attached hydrogen (secondary N) is 1. The van der Waals surface area contributed by atoms with Crippen LogP contribution in [0.3, 0.4) is 0 Å². The monoisotopic (exact) mass is 389 g/mol. The zero-order valence-electron chi connectivity index (χ0n) is 13.2. The number of carbonyl (C=O) groups is 1. The van der Waals surface area contributed by atoms with Crippen molar-refractivity contribution in [2.45, 2.75) is 31.7 Å². The van der Waals surface area contributed by atoms with E-state index < -0.39 is 12.3 Å². The van der Waals surface area contributed by atoms with Gasteiger partial charge in [0, 0.05) is 10.4 Å². The Kier molecular flexibility index (Phi) is 5.66. The highest BCUT2D eigenvalue weighted by molar-refractivity contribution is 9.10. The summed E-state index contributed by atoms with van der Waals surface area (Å²) in [5, 5.41) is 13.2. The van der Waals surface area contributed by atoms with Crippen molar-refractivity contribution in [1.29, 1.82) is 0 Å². The van der Waals surface area contributed by atoms with Gasteiger partial charge in [-0.1, -0.05) is 64.5 Å². The third-order valence-electron chi connectivity index (χ3n) is 4.31. The van der Waals surface area contributed by atoms with E-state index in [1.165, 1.54) is 0 Å². The number of rotatable bonds is 5. The number of aliphatic hydroxyl groups excluding tert-OH is 1. The topological polar surface area (TPSA) is 58.6 Å². The van der Waals surface area contributed by atoms with Gasteiger partial charge >= 0.3 is 5.97 Å². The number of aliphatic hydroxyl groups is 1. The van der Waals surface area contributed by atoms with Crippen molar-refractivity contribution in [3.8, 4) is 0 Å². The summed E-state index contributed by atoms with van der Waals surface area (Å²) in [6, 6.07) is 17.1. The Morgan fingerprint density at radius 1 is 1.17 bits per heavy atom. The Morgan fingerprint density at radius 3 is 2.62 bits per heavy atom. The molecule has 2 aromatic carbocycles. The minimum Gasteiger partial charge on any atom is -0.460 e. The average molecular weight is 390 g/mol. The summed E-state index contributed by atoms with van der Waals surface area (Å²) >= 11 is 3.52. The van der Waals surface area contributed by atoms with Crippen molar-refractivity contribution in [2.24, 2.45) is 5.92 Å². The fraction of sp³-hybridized carbons (Fsp3) is 0.316. The lowest BCUT2D eigenvalue weighted by molar-refractivity contribution is -0.147. The molecule has 1 fully saturated rings. The van der Waals surface area contributed by atoms with E-state index in [-0.39, 0.29) is 18.5 Å². The second kappa shape index (κ2) is 7.92. The summed E-state index contributed by atoms with van der Waals surface area (Å²) in [5.41, 5.74) is 2.08. The Bertz CT molecular complexity index is 692. The summed E-state index contributed by atoms with van der Waals surface area (Å²) < 4.78 is 6.38. The van der Waals surface area contributed by atoms with Crippen LogP contribution < -0.4 is 5.32 Å². The number of halogens is 1. The van der Waals surface area contributed by atoms with Gasteiger partial charge in [0.05, 0.1) is 0 Å². The highest BCUT2D eigenvalue weighted by Crippen LogP contribution is 2.27. The van der Waals surface area contributed by atoms with Crippen LogP contribution in [0.4, 0.5) is 0 Å². The van der Waals surface area contributed by atoms with Crippen molar-refractivity contribution in [2.75, 3.05) is 0 Å². The van der Waals surface area contributed by atoms with Crippen LogP contribution in [0.1, 0.15) is 17.5 Å². The molecule has 0 aromatic heterocycles. The van der Waals surface area contributed by atoms with E-state index in [4.69, 9.17) is 4.74 Å². The van der Waals surface area contributed by atoms with Crippen molar-refractivity contribution in [3.63, 3.8) is 0 Å². The molecule has 5 heteroatoms. The summed E-state index contributed by atoms with van der Waals surface area (Å²) in [5.74, 6) is -0.328. The van der Waals surface area contributed by atoms with E-state index in [0.717, 1.165) is 15.6 Å². The van der Waals surface area contributed by atoms with Crippen molar-refractivity contribution in [3.05, 3.63) is 70.2 Å². The molecule has 0 amide bonds. The van der Waals surface area contributed by atoms with Crippen LogP contribution in [-0.4, -0.2) is 23.3 Å². The molecule has 24 heavy (non-hydrogen) atoms. The van der Waals surface area contributed by atoms with E-state index in [0.29, 0.717) is 12.8 Å². The summed E-state index contributed by atoms with van der Waals surface area (Å²) in [6.07, 6.45) is 0.570.